The van der Waals surface area contributed by atoms with E-state index in [1.807, 2.05) is 25.2 Å². The van der Waals surface area contributed by atoms with E-state index in [4.69, 9.17) is 11.6 Å². The van der Waals surface area contributed by atoms with Gasteiger partial charge in [0.25, 0.3) is 0 Å². The van der Waals surface area contributed by atoms with Crippen LogP contribution in [0.1, 0.15) is 0 Å². The van der Waals surface area contributed by atoms with E-state index < -0.39 is 11.8 Å². The molecule has 0 saturated carbocycles. The Labute approximate surface area is 156 Å². The molecule has 2 N–H and O–H groups in total. The average Bonchev–Trinajstić information content (AvgIpc) is 2.90. The average molecular weight is 424 g/mol. The number of hydrogen-bond donors (Lipinski definition) is 2. The molecule has 128 valence electrons. The first-order valence-corrected chi connectivity index (χ1v) is 8.42. The van der Waals surface area contributed by atoms with Gasteiger partial charge in [0.1, 0.15) is 5.82 Å². The lowest BCUT2D eigenvalue weighted by atomic mass is 10.1. The molecule has 0 bridgehead atoms. The van der Waals surface area contributed by atoms with E-state index in [9.17, 15) is 9.18 Å². The van der Waals surface area contributed by atoms with Gasteiger partial charge in [-0.25, -0.2) is 9.18 Å². The highest BCUT2D eigenvalue weighted by Crippen LogP contribution is 2.29. The van der Waals surface area contributed by atoms with Crippen molar-refractivity contribution in [1.82, 2.24) is 9.78 Å². The second kappa shape index (κ2) is 7.25. The maximum absolute atomic E-state index is 13.2. The molecule has 0 atom stereocenters. The number of hydrogen-bond acceptors (Lipinski definition) is 2. The lowest BCUT2D eigenvalue weighted by Crippen LogP contribution is -2.19. The molecule has 3 rings (SSSR count). The molecule has 3 aromatic rings. The largest absolute Gasteiger partial charge is 0.323 e. The lowest BCUT2D eigenvalue weighted by molar-refractivity contribution is 0.262. The summed E-state index contributed by atoms with van der Waals surface area (Å²) in [6, 6.07) is 10.9. The fourth-order valence-corrected chi connectivity index (χ4v) is 3.10. The van der Waals surface area contributed by atoms with E-state index >= 15 is 0 Å². The van der Waals surface area contributed by atoms with Gasteiger partial charge in [-0.2, -0.15) is 5.10 Å². The Hall–Kier alpha value is -2.38. The van der Waals surface area contributed by atoms with Gasteiger partial charge in [-0.05, 0) is 46.3 Å². The molecule has 0 aliphatic rings. The smallest absolute Gasteiger partial charge is 0.308 e. The standard InChI is InChI=1S/C17H13BrClFN4O/c1-24-16(13(18)9-21-24)10-3-2-4-11(7-10)22-17(25)23-12-5-6-15(20)14(19)8-12/h2-9H,1H3,(H2,22,23,25). The van der Waals surface area contributed by atoms with E-state index in [1.54, 1.807) is 16.9 Å². The highest BCUT2D eigenvalue weighted by atomic mass is 79.9. The third-order valence-corrected chi connectivity index (χ3v) is 4.34. The van der Waals surface area contributed by atoms with Crippen LogP contribution in [0.4, 0.5) is 20.6 Å². The number of urea groups is 1. The molecular weight excluding hydrogens is 411 g/mol. The number of nitrogens with one attached hydrogen (secondary N) is 2. The zero-order valence-electron chi connectivity index (χ0n) is 13.1. The van der Waals surface area contributed by atoms with Crippen molar-refractivity contribution in [3.8, 4) is 11.3 Å². The van der Waals surface area contributed by atoms with Crippen molar-refractivity contribution in [3.63, 3.8) is 0 Å². The summed E-state index contributed by atoms with van der Waals surface area (Å²) in [6.45, 7) is 0. The molecule has 0 fully saturated rings. The summed E-state index contributed by atoms with van der Waals surface area (Å²) in [6.07, 6.45) is 1.71. The van der Waals surface area contributed by atoms with E-state index in [0.29, 0.717) is 11.4 Å². The number of carbonyl (C=O) groups is 1. The van der Waals surface area contributed by atoms with Crippen LogP contribution >= 0.6 is 27.5 Å². The first kappa shape index (κ1) is 17.4. The predicted molar refractivity (Wildman–Crippen MR) is 100 cm³/mol. The van der Waals surface area contributed by atoms with Crippen LogP contribution in [0.5, 0.6) is 0 Å². The van der Waals surface area contributed by atoms with E-state index in [1.165, 1.54) is 18.2 Å². The fourth-order valence-electron chi connectivity index (χ4n) is 2.35. The Bertz CT molecular complexity index is 925. The number of aromatic nitrogens is 2. The zero-order chi connectivity index (χ0) is 18.0. The Balaban J connectivity index is 1.76. The number of anilines is 2. The van der Waals surface area contributed by atoms with Crippen LogP contribution in [0.15, 0.2) is 53.1 Å². The Morgan fingerprint density at radius 3 is 2.56 bits per heavy atom. The van der Waals surface area contributed by atoms with E-state index in [0.717, 1.165) is 15.7 Å². The van der Waals surface area contributed by atoms with Gasteiger partial charge in [-0.15, -0.1) is 0 Å². The molecule has 1 aromatic heterocycles. The predicted octanol–water partition coefficient (Wildman–Crippen LogP) is 5.29. The second-order valence-electron chi connectivity index (χ2n) is 5.25. The van der Waals surface area contributed by atoms with Gasteiger partial charge in [0.15, 0.2) is 0 Å². The summed E-state index contributed by atoms with van der Waals surface area (Å²) in [5, 5.41) is 9.47. The van der Waals surface area contributed by atoms with E-state index in [2.05, 4.69) is 31.7 Å². The van der Waals surface area contributed by atoms with Crippen LogP contribution in [0, 0.1) is 5.82 Å². The number of nitrogens with zero attached hydrogens (tertiary/aromatic N) is 2. The van der Waals surface area contributed by atoms with Crippen LogP contribution < -0.4 is 10.6 Å². The first-order valence-electron chi connectivity index (χ1n) is 7.25. The Kier molecular flexibility index (Phi) is 5.06. The van der Waals surface area contributed by atoms with Crippen molar-refractivity contribution < 1.29 is 9.18 Å². The van der Waals surface area contributed by atoms with Crippen molar-refractivity contribution >= 4 is 44.9 Å². The molecule has 0 spiro atoms. The zero-order valence-corrected chi connectivity index (χ0v) is 15.4. The SMILES string of the molecule is Cn1ncc(Br)c1-c1cccc(NC(=O)Nc2ccc(F)c(Cl)c2)c1. The molecule has 25 heavy (non-hydrogen) atoms. The molecule has 1 heterocycles. The maximum atomic E-state index is 13.2. The molecular formula is C17H13BrClFN4O. The normalized spacial score (nSPS) is 10.6. The topological polar surface area (TPSA) is 59.0 Å². The molecule has 0 saturated heterocycles. The number of halogens is 3. The molecule has 0 aliphatic heterocycles. The van der Waals surface area contributed by atoms with Crippen molar-refractivity contribution in [2.75, 3.05) is 10.6 Å². The highest BCUT2D eigenvalue weighted by Gasteiger charge is 2.10. The van der Waals surface area contributed by atoms with Crippen LogP contribution in [0.2, 0.25) is 5.02 Å². The van der Waals surface area contributed by atoms with Gasteiger partial charge in [0, 0.05) is 24.0 Å². The van der Waals surface area contributed by atoms with Gasteiger partial charge in [-0.1, -0.05) is 23.7 Å². The lowest BCUT2D eigenvalue weighted by Gasteiger charge is -2.10. The third kappa shape index (κ3) is 4.00. The molecule has 8 heteroatoms. The number of rotatable bonds is 3. The van der Waals surface area contributed by atoms with Crippen LogP contribution in [-0.4, -0.2) is 15.8 Å². The summed E-state index contributed by atoms with van der Waals surface area (Å²) < 4.78 is 15.8. The van der Waals surface area contributed by atoms with Crippen LogP contribution in [-0.2, 0) is 7.05 Å². The molecule has 2 aromatic carbocycles. The van der Waals surface area contributed by atoms with Crippen LogP contribution in [0.3, 0.4) is 0 Å². The first-order chi connectivity index (χ1) is 11.9. The summed E-state index contributed by atoms with van der Waals surface area (Å²) >= 11 is 9.17. The molecule has 0 unspecified atom stereocenters. The van der Waals surface area contributed by atoms with Crippen molar-refractivity contribution in [2.45, 2.75) is 0 Å². The number of aryl methyl sites for hydroxylation is 1. The van der Waals surface area contributed by atoms with E-state index in [-0.39, 0.29) is 5.02 Å². The number of carbonyl (C=O) groups excluding carboxylic acids is 1. The summed E-state index contributed by atoms with van der Waals surface area (Å²) in [4.78, 5) is 12.1. The minimum atomic E-state index is -0.540. The highest BCUT2D eigenvalue weighted by molar-refractivity contribution is 9.10. The van der Waals surface area contributed by atoms with Crippen molar-refractivity contribution in [1.29, 1.82) is 0 Å². The third-order valence-electron chi connectivity index (χ3n) is 3.47. The number of amides is 2. The Morgan fingerprint density at radius 2 is 1.92 bits per heavy atom. The molecule has 5 nitrogen and oxygen atoms in total. The number of benzene rings is 2. The second-order valence-corrected chi connectivity index (χ2v) is 6.52. The molecule has 0 radical (unpaired) electrons. The van der Waals surface area contributed by atoms with Gasteiger partial charge in [0.05, 0.1) is 21.4 Å². The van der Waals surface area contributed by atoms with Crippen molar-refractivity contribution in [2.24, 2.45) is 7.05 Å². The Morgan fingerprint density at radius 1 is 1.20 bits per heavy atom. The van der Waals surface area contributed by atoms with Gasteiger partial charge >= 0.3 is 6.03 Å². The monoisotopic (exact) mass is 422 g/mol. The van der Waals surface area contributed by atoms with Crippen LogP contribution in [0.25, 0.3) is 11.3 Å². The van der Waals surface area contributed by atoms with Gasteiger partial charge < -0.3 is 10.6 Å². The van der Waals surface area contributed by atoms with Gasteiger partial charge in [0.2, 0.25) is 0 Å². The van der Waals surface area contributed by atoms with Gasteiger partial charge in [-0.3, -0.25) is 4.68 Å². The quantitative estimate of drug-likeness (QED) is 0.601. The molecule has 2 amide bonds. The summed E-state index contributed by atoms with van der Waals surface area (Å²) in [5.74, 6) is -0.540. The summed E-state index contributed by atoms with van der Waals surface area (Å²) in [5.41, 5.74) is 2.80. The fraction of sp³-hybridized carbons (Fsp3) is 0.0588. The minimum Gasteiger partial charge on any atom is -0.308 e. The minimum absolute atomic E-state index is 0.0548. The maximum Gasteiger partial charge on any atom is 0.323 e. The summed E-state index contributed by atoms with van der Waals surface area (Å²) in [7, 11) is 1.84. The molecule has 0 aliphatic carbocycles. The van der Waals surface area contributed by atoms with Crippen molar-refractivity contribution in [3.05, 3.63) is 64.0 Å².